The fourth-order valence-electron chi connectivity index (χ4n) is 4.25. The average molecular weight is 436 g/mol. The largest absolute Gasteiger partial charge is 0.493 e. The molecule has 1 N–H and O–H groups in total. The van der Waals surface area contributed by atoms with E-state index in [1.165, 1.54) is 11.1 Å². The first-order valence-corrected chi connectivity index (χ1v) is 12.0. The Morgan fingerprint density at radius 1 is 1.03 bits per heavy atom. The molecule has 2 aromatic carbocycles. The minimum absolute atomic E-state index is 0.122. The molecule has 0 fully saturated rings. The first-order valence-electron chi connectivity index (χ1n) is 12.0. The second-order valence-corrected chi connectivity index (χ2v) is 8.50. The Bertz CT molecular complexity index is 1000. The number of amides is 1. The van der Waals surface area contributed by atoms with Crippen LogP contribution >= 0.6 is 0 Å². The van der Waals surface area contributed by atoms with Crippen molar-refractivity contribution in [3.05, 3.63) is 59.4 Å². The van der Waals surface area contributed by atoms with Gasteiger partial charge >= 0.3 is 0 Å². The van der Waals surface area contributed by atoms with Gasteiger partial charge < -0.3 is 14.6 Å². The van der Waals surface area contributed by atoms with E-state index in [0.717, 1.165) is 61.3 Å². The van der Waals surface area contributed by atoms with Gasteiger partial charge in [0.25, 0.3) is 0 Å². The Labute approximate surface area is 192 Å². The van der Waals surface area contributed by atoms with Gasteiger partial charge in [0.2, 0.25) is 5.91 Å². The zero-order valence-electron chi connectivity index (χ0n) is 20.0. The number of hydrogen-bond donors (Lipinski definition) is 1. The van der Waals surface area contributed by atoms with E-state index in [1.54, 1.807) is 0 Å². The summed E-state index contributed by atoms with van der Waals surface area (Å²) >= 11 is 0. The molecule has 3 rings (SSSR count). The van der Waals surface area contributed by atoms with Gasteiger partial charge in [-0.3, -0.25) is 4.79 Å². The molecule has 0 aliphatic rings. The zero-order chi connectivity index (χ0) is 22.9. The van der Waals surface area contributed by atoms with Crippen LogP contribution in [0.1, 0.15) is 56.5 Å². The quantitative estimate of drug-likeness (QED) is 0.376. The molecule has 1 amide bonds. The molecule has 3 aromatic rings. The van der Waals surface area contributed by atoms with Gasteiger partial charge in [-0.1, -0.05) is 44.2 Å². The maximum Gasteiger partial charge on any atom is 0.223 e. The Morgan fingerprint density at radius 2 is 1.75 bits per heavy atom. The summed E-state index contributed by atoms with van der Waals surface area (Å²) in [7, 11) is 0. The van der Waals surface area contributed by atoms with Crippen molar-refractivity contribution in [3.63, 3.8) is 0 Å². The number of hydrogen-bond acceptors (Lipinski definition) is 3. The Kier molecular flexibility index (Phi) is 8.72. The van der Waals surface area contributed by atoms with Gasteiger partial charge in [0.15, 0.2) is 0 Å². The number of para-hydroxylation sites is 3. The molecular formula is C27H37N3O2. The molecule has 5 nitrogen and oxygen atoms in total. The summed E-state index contributed by atoms with van der Waals surface area (Å²) in [4.78, 5) is 17.1. The van der Waals surface area contributed by atoms with Crippen molar-refractivity contribution in [2.24, 2.45) is 5.92 Å². The second kappa shape index (κ2) is 11.7. The fourth-order valence-corrected chi connectivity index (χ4v) is 4.25. The van der Waals surface area contributed by atoms with E-state index in [0.29, 0.717) is 13.2 Å². The number of aryl methyl sites for hydroxylation is 4. The van der Waals surface area contributed by atoms with Gasteiger partial charge in [-0.15, -0.1) is 0 Å². The Morgan fingerprint density at radius 3 is 2.47 bits per heavy atom. The van der Waals surface area contributed by atoms with Gasteiger partial charge in [0, 0.05) is 25.4 Å². The highest BCUT2D eigenvalue weighted by molar-refractivity contribution is 5.78. The van der Waals surface area contributed by atoms with Crippen LogP contribution in [0.2, 0.25) is 0 Å². The van der Waals surface area contributed by atoms with Crippen molar-refractivity contribution in [2.45, 2.75) is 66.3 Å². The normalized spacial score (nSPS) is 11.3. The molecular weight excluding hydrogens is 398 g/mol. The lowest BCUT2D eigenvalue weighted by atomic mass is 10.0. The molecule has 0 aliphatic carbocycles. The van der Waals surface area contributed by atoms with Crippen LogP contribution in [0.15, 0.2) is 42.5 Å². The smallest absolute Gasteiger partial charge is 0.223 e. The third-order valence-corrected chi connectivity index (χ3v) is 6.15. The number of ether oxygens (including phenoxy) is 1. The standard InChI is InChI=1S/C27H37N3O2/c1-5-22(6-2)27(31)28-17-10-16-25-29-23-14-7-8-15-24(23)30(25)18-11-19-32-26-20(3)12-9-13-21(26)4/h7-9,12-15,22H,5-6,10-11,16-19H2,1-4H3,(H,28,31). The summed E-state index contributed by atoms with van der Waals surface area (Å²) in [5.41, 5.74) is 4.54. The molecule has 172 valence electrons. The number of imidazole rings is 1. The summed E-state index contributed by atoms with van der Waals surface area (Å²) in [6, 6.07) is 14.5. The predicted molar refractivity (Wildman–Crippen MR) is 131 cm³/mol. The average Bonchev–Trinajstić information content (AvgIpc) is 3.14. The molecule has 32 heavy (non-hydrogen) atoms. The van der Waals surface area contributed by atoms with Crippen LogP contribution in [0, 0.1) is 19.8 Å². The highest BCUT2D eigenvalue weighted by Crippen LogP contribution is 2.23. The van der Waals surface area contributed by atoms with Crippen molar-refractivity contribution in [3.8, 4) is 5.75 Å². The van der Waals surface area contributed by atoms with Gasteiger partial charge in [-0.25, -0.2) is 4.98 Å². The van der Waals surface area contributed by atoms with E-state index < -0.39 is 0 Å². The third-order valence-electron chi connectivity index (χ3n) is 6.15. The third kappa shape index (κ3) is 5.90. The lowest BCUT2D eigenvalue weighted by Gasteiger charge is -2.14. The first-order chi connectivity index (χ1) is 15.5. The van der Waals surface area contributed by atoms with Gasteiger partial charge in [0.05, 0.1) is 17.6 Å². The molecule has 1 heterocycles. The molecule has 0 saturated heterocycles. The molecule has 0 atom stereocenters. The number of fused-ring (bicyclic) bond motifs is 1. The van der Waals surface area contributed by atoms with Gasteiger partial charge in [-0.05, 0) is 62.8 Å². The van der Waals surface area contributed by atoms with E-state index in [1.807, 2.05) is 6.07 Å². The van der Waals surface area contributed by atoms with E-state index >= 15 is 0 Å². The van der Waals surface area contributed by atoms with Crippen LogP contribution in [-0.4, -0.2) is 28.6 Å². The monoisotopic (exact) mass is 435 g/mol. The molecule has 1 aromatic heterocycles. The molecule has 0 unspecified atom stereocenters. The maximum absolute atomic E-state index is 12.2. The zero-order valence-corrected chi connectivity index (χ0v) is 20.0. The van der Waals surface area contributed by atoms with Gasteiger partial charge in [-0.2, -0.15) is 0 Å². The molecule has 0 aliphatic heterocycles. The van der Waals surface area contributed by atoms with Crippen molar-refractivity contribution in [1.29, 1.82) is 0 Å². The fraction of sp³-hybridized carbons (Fsp3) is 0.481. The SMILES string of the molecule is CCC(CC)C(=O)NCCCc1nc2ccccc2n1CCCOc1c(C)cccc1C. The Balaban J connectivity index is 1.58. The highest BCUT2D eigenvalue weighted by Gasteiger charge is 2.14. The van der Waals surface area contributed by atoms with Crippen LogP contribution < -0.4 is 10.1 Å². The van der Waals surface area contributed by atoms with E-state index in [4.69, 9.17) is 9.72 Å². The number of carbonyl (C=O) groups excluding carboxylic acids is 1. The maximum atomic E-state index is 12.2. The van der Waals surface area contributed by atoms with Gasteiger partial charge in [0.1, 0.15) is 11.6 Å². The van der Waals surface area contributed by atoms with Crippen molar-refractivity contribution in [1.82, 2.24) is 14.9 Å². The summed E-state index contributed by atoms with van der Waals surface area (Å²) in [5, 5.41) is 3.09. The van der Waals surface area contributed by atoms with E-state index in [2.05, 4.69) is 74.0 Å². The van der Waals surface area contributed by atoms with Crippen LogP contribution in [-0.2, 0) is 17.8 Å². The minimum atomic E-state index is 0.122. The lowest BCUT2D eigenvalue weighted by Crippen LogP contribution is -2.31. The van der Waals surface area contributed by atoms with Crippen molar-refractivity contribution >= 4 is 16.9 Å². The number of aromatic nitrogens is 2. The summed E-state index contributed by atoms with van der Waals surface area (Å²) in [6.45, 7) is 10.5. The lowest BCUT2D eigenvalue weighted by molar-refractivity contribution is -0.125. The molecule has 5 heteroatoms. The number of rotatable bonds is 12. The summed E-state index contributed by atoms with van der Waals surface area (Å²) in [5.74, 6) is 2.37. The molecule has 0 radical (unpaired) electrons. The highest BCUT2D eigenvalue weighted by atomic mass is 16.5. The number of nitrogens with zero attached hydrogens (tertiary/aromatic N) is 2. The van der Waals surface area contributed by atoms with Crippen LogP contribution in [0.25, 0.3) is 11.0 Å². The minimum Gasteiger partial charge on any atom is -0.493 e. The topological polar surface area (TPSA) is 56.2 Å². The Hall–Kier alpha value is -2.82. The first kappa shape index (κ1) is 23.8. The number of benzene rings is 2. The number of nitrogens with one attached hydrogen (secondary N) is 1. The van der Waals surface area contributed by atoms with Crippen molar-refractivity contribution in [2.75, 3.05) is 13.2 Å². The van der Waals surface area contributed by atoms with Crippen molar-refractivity contribution < 1.29 is 9.53 Å². The van der Waals surface area contributed by atoms with Crippen LogP contribution in [0.3, 0.4) is 0 Å². The second-order valence-electron chi connectivity index (χ2n) is 8.50. The van der Waals surface area contributed by atoms with E-state index in [9.17, 15) is 4.79 Å². The van der Waals surface area contributed by atoms with Crippen LogP contribution in [0.4, 0.5) is 0 Å². The molecule has 0 bridgehead atoms. The molecule has 0 spiro atoms. The van der Waals surface area contributed by atoms with E-state index in [-0.39, 0.29) is 11.8 Å². The summed E-state index contributed by atoms with van der Waals surface area (Å²) in [6.07, 6.45) is 4.42. The molecule has 0 saturated carbocycles. The van der Waals surface area contributed by atoms with Crippen LogP contribution in [0.5, 0.6) is 5.75 Å². The number of carbonyl (C=O) groups is 1. The summed E-state index contributed by atoms with van der Waals surface area (Å²) < 4.78 is 8.42. The predicted octanol–water partition coefficient (Wildman–Crippen LogP) is 5.61.